The number of hydrogen-bond acceptors (Lipinski definition) is 3. The first-order valence-electron chi connectivity index (χ1n) is 4.03. The zero-order valence-electron chi connectivity index (χ0n) is 7.16. The summed E-state index contributed by atoms with van der Waals surface area (Å²) in [4.78, 5) is 8.31. The summed E-state index contributed by atoms with van der Waals surface area (Å²) >= 11 is 3.37. The van der Waals surface area contributed by atoms with Gasteiger partial charge in [-0.05, 0) is 28.9 Å². The molecule has 0 bridgehead atoms. The molecule has 4 nitrogen and oxygen atoms in total. The lowest BCUT2D eigenvalue weighted by molar-refractivity contribution is 0.888. The summed E-state index contributed by atoms with van der Waals surface area (Å²) in [5.74, 6) is 0. The van der Waals surface area contributed by atoms with Crippen molar-refractivity contribution in [2.45, 2.75) is 6.92 Å². The van der Waals surface area contributed by atoms with Gasteiger partial charge in [0.05, 0.1) is 0 Å². The van der Waals surface area contributed by atoms with E-state index in [0.717, 1.165) is 22.2 Å². The molecule has 0 aliphatic carbocycles. The third kappa shape index (κ3) is 1.51. The number of nitrogens with zero attached hydrogens (tertiary/aromatic N) is 3. The number of fused-ring (bicyclic) bond motifs is 1. The zero-order chi connectivity index (χ0) is 9.26. The van der Waals surface area contributed by atoms with Crippen LogP contribution in [-0.2, 0) is 0 Å². The third-order valence-electron chi connectivity index (χ3n) is 1.70. The molecule has 2 rings (SSSR count). The molecule has 2 aromatic heterocycles. The molecule has 2 heterocycles. The van der Waals surface area contributed by atoms with Crippen molar-refractivity contribution in [3.05, 3.63) is 23.1 Å². The molecule has 0 amide bonds. The van der Waals surface area contributed by atoms with Crippen LogP contribution in [0.1, 0.15) is 6.92 Å². The van der Waals surface area contributed by atoms with Gasteiger partial charge in [0.1, 0.15) is 11.8 Å². The predicted molar refractivity (Wildman–Crippen MR) is 55.1 cm³/mol. The third-order valence-corrected chi connectivity index (χ3v) is 2.13. The summed E-state index contributed by atoms with van der Waals surface area (Å²) in [5.41, 5.74) is 4.89. The van der Waals surface area contributed by atoms with Crippen LogP contribution in [0.5, 0.6) is 0 Å². The van der Waals surface area contributed by atoms with E-state index >= 15 is 0 Å². The van der Waals surface area contributed by atoms with Gasteiger partial charge in [-0.2, -0.15) is 0 Å². The second-order valence-electron chi connectivity index (χ2n) is 2.62. The van der Waals surface area contributed by atoms with Crippen molar-refractivity contribution in [3.8, 4) is 0 Å². The first-order chi connectivity index (χ1) is 6.31. The van der Waals surface area contributed by atoms with Crippen molar-refractivity contribution in [1.82, 2.24) is 14.6 Å². The molecule has 0 aromatic carbocycles. The van der Waals surface area contributed by atoms with Crippen LogP contribution >= 0.6 is 15.9 Å². The molecule has 68 valence electrons. The molecule has 0 unspecified atom stereocenters. The highest BCUT2D eigenvalue weighted by Crippen LogP contribution is 2.14. The van der Waals surface area contributed by atoms with E-state index in [2.05, 4.69) is 31.3 Å². The Morgan fingerprint density at radius 1 is 1.54 bits per heavy atom. The van der Waals surface area contributed by atoms with E-state index in [1.165, 1.54) is 0 Å². The second kappa shape index (κ2) is 3.33. The van der Waals surface area contributed by atoms with Crippen LogP contribution in [0, 0.1) is 0 Å². The maximum absolute atomic E-state index is 4.16. The van der Waals surface area contributed by atoms with E-state index < -0.39 is 0 Å². The summed E-state index contributed by atoms with van der Waals surface area (Å²) in [6, 6.07) is 1.98. The van der Waals surface area contributed by atoms with Crippen molar-refractivity contribution in [1.29, 1.82) is 0 Å². The van der Waals surface area contributed by atoms with Gasteiger partial charge >= 0.3 is 0 Å². The minimum Gasteiger partial charge on any atom is -0.325 e. The standard InChI is InChI=1S/C8H9BrN4/c1-2-12-13-5-11-8-7(13)3-6(9)4-10-8/h3-5,12H,2H2,1H3. The van der Waals surface area contributed by atoms with Crippen molar-refractivity contribution >= 4 is 27.1 Å². The number of halogens is 1. The highest BCUT2D eigenvalue weighted by Gasteiger charge is 2.02. The van der Waals surface area contributed by atoms with Gasteiger partial charge in [0, 0.05) is 17.2 Å². The summed E-state index contributed by atoms with van der Waals surface area (Å²) in [5, 5.41) is 0. The van der Waals surface area contributed by atoms with E-state index in [1.54, 1.807) is 12.5 Å². The van der Waals surface area contributed by atoms with Crippen LogP contribution < -0.4 is 5.43 Å². The zero-order valence-corrected chi connectivity index (χ0v) is 8.74. The molecular weight excluding hydrogens is 232 g/mol. The molecule has 0 aliphatic rings. The molecule has 0 spiro atoms. The van der Waals surface area contributed by atoms with Crippen molar-refractivity contribution in [2.24, 2.45) is 0 Å². The molecule has 13 heavy (non-hydrogen) atoms. The first-order valence-corrected chi connectivity index (χ1v) is 4.83. The normalized spacial score (nSPS) is 10.6. The Bertz CT molecular complexity index is 423. The molecule has 2 aromatic rings. The molecule has 0 atom stereocenters. The summed E-state index contributed by atoms with van der Waals surface area (Å²) < 4.78 is 2.83. The number of rotatable bonds is 2. The topological polar surface area (TPSA) is 42.7 Å². The molecule has 0 aliphatic heterocycles. The molecule has 5 heteroatoms. The smallest absolute Gasteiger partial charge is 0.179 e. The number of nitrogens with one attached hydrogen (secondary N) is 1. The lowest BCUT2D eigenvalue weighted by Crippen LogP contribution is -2.12. The largest absolute Gasteiger partial charge is 0.325 e. The SMILES string of the molecule is CCNn1cnc2ncc(Br)cc21. The average molecular weight is 241 g/mol. The fourth-order valence-corrected chi connectivity index (χ4v) is 1.49. The first kappa shape index (κ1) is 8.50. The maximum atomic E-state index is 4.16. The van der Waals surface area contributed by atoms with Crippen molar-refractivity contribution in [2.75, 3.05) is 12.0 Å². The predicted octanol–water partition coefficient (Wildman–Crippen LogP) is 1.76. The Kier molecular flexibility index (Phi) is 2.18. The van der Waals surface area contributed by atoms with Gasteiger partial charge in [-0.15, -0.1) is 0 Å². The summed E-state index contributed by atoms with van der Waals surface area (Å²) in [6.45, 7) is 2.90. The Morgan fingerprint density at radius 3 is 3.15 bits per heavy atom. The van der Waals surface area contributed by atoms with Gasteiger partial charge in [0.2, 0.25) is 0 Å². The van der Waals surface area contributed by atoms with E-state index in [0.29, 0.717) is 0 Å². The highest BCUT2D eigenvalue weighted by atomic mass is 79.9. The van der Waals surface area contributed by atoms with E-state index in [-0.39, 0.29) is 0 Å². The minimum atomic E-state index is 0.754. The number of imidazole rings is 1. The van der Waals surface area contributed by atoms with Gasteiger partial charge in [-0.1, -0.05) is 0 Å². The van der Waals surface area contributed by atoms with Gasteiger partial charge in [-0.25, -0.2) is 14.6 Å². The highest BCUT2D eigenvalue weighted by molar-refractivity contribution is 9.10. The van der Waals surface area contributed by atoms with Gasteiger partial charge < -0.3 is 5.43 Å². The van der Waals surface area contributed by atoms with Crippen molar-refractivity contribution < 1.29 is 0 Å². The minimum absolute atomic E-state index is 0.754. The lowest BCUT2D eigenvalue weighted by Gasteiger charge is -2.03. The maximum Gasteiger partial charge on any atom is 0.179 e. The quantitative estimate of drug-likeness (QED) is 0.871. The fourth-order valence-electron chi connectivity index (χ4n) is 1.17. The molecule has 0 saturated heterocycles. The van der Waals surface area contributed by atoms with E-state index in [1.807, 2.05) is 17.7 Å². The van der Waals surface area contributed by atoms with Gasteiger partial charge in [-0.3, -0.25) is 0 Å². The van der Waals surface area contributed by atoms with Gasteiger partial charge in [0.15, 0.2) is 5.65 Å². The molecular formula is C8H9BrN4. The molecule has 1 N–H and O–H groups in total. The number of hydrogen-bond donors (Lipinski definition) is 1. The Balaban J connectivity index is 2.58. The molecule has 0 fully saturated rings. The fraction of sp³-hybridized carbons (Fsp3) is 0.250. The Morgan fingerprint density at radius 2 is 2.38 bits per heavy atom. The van der Waals surface area contributed by atoms with Crippen LogP contribution in [0.3, 0.4) is 0 Å². The summed E-state index contributed by atoms with van der Waals surface area (Å²) in [7, 11) is 0. The monoisotopic (exact) mass is 240 g/mol. The van der Waals surface area contributed by atoms with Crippen molar-refractivity contribution in [3.63, 3.8) is 0 Å². The average Bonchev–Trinajstić information content (AvgIpc) is 2.49. The molecule has 0 saturated carbocycles. The Labute approximate surface area is 84.1 Å². The Hall–Kier alpha value is -1.10. The van der Waals surface area contributed by atoms with Gasteiger partial charge in [0.25, 0.3) is 0 Å². The van der Waals surface area contributed by atoms with Crippen LogP contribution in [0.4, 0.5) is 0 Å². The van der Waals surface area contributed by atoms with Crippen LogP contribution in [0.25, 0.3) is 11.2 Å². The second-order valence-corrected chi connectivity index (χ2v) is 3.54. The lowest BCUT2D eigenvalue weighted by atomic mass is 10.4. The number of aromatic nitrogens is 3. The number of pyridine rings is 1. The van der Waals surface area contributed by atoms with E-state index in [4.69, 9.17) is 0 Å². The van der Waals surface area contributed by atoms with Crippen LogP contribution in [-0.4, -0.2) is 21.2 Å². The van der Waals surface area contributed by atoms with E-state index in [9.17, 15) is 0 Å². The summed E-state index contributed by atoms with van der Waals surface area (Å²) in [6.07, 6.45) is 3.47. The molecule has 0 radical (unpaired) electrons. The van der Waals surface area contributed by atoms with Crippen LogP contribution in [0.2, 0.25) is 0 Å². The van der Waals surface area contributed by atoms with Crippen LogP contribution in [0.15, 0.2) is 23.1 Å².